The molecule has 0 fully saturated rings. The van der Waals surface area contributed by atoms with Crippen LogP contribution < -0.4 is 15.5 Å². The Hall–Kier alpha value is -2.55. The molecule has 26 heavy (non-hydrogen) atoms. The molecule has 1 aliphatic heterocycles. The van der Waals surface area contributed by atoms with Crippen molar-refractivity contribution in [2.45, 2.75) is 18.2 Å². The SMILES string of the molecule is CCCNC(=O)CNC(=O)COC(=O)CN1C(=O)CSc2ccccc21. The van der Waals surface area contributed by atoms with Gasteiger partial charge in [0.15, 0.2) is 6.61 Å². The van der Waals surface area contributed by atoms with E-state index in [0.717, 1.165) is 11.3 Å². The highest BCUT2D eigenvalue weighted by atomic mass is 32.2. The van der Waals surface area contributed by atoms with Gasteiger partial charge in [0.25, 0.3) is 5.91 Å². The first kappa shape index (κ1) is 19.8. The number of rotatable bonds is 8. The van der Waals surface area contributed by atoms with Gasteiger partial charge in [-0.25, -0.2) is 0 Å². The molecule has 1 aliphatic rings. The minimum absolute atomic E-state index is 0.175. The molecule has 0 spiro atoms. The zero-order valence-electron chi connectivity index (χ0n) is 14.4. The van der Waals surface area contributed by atoms with E-state index < -0.39 is 18.5 Å². The zero-order chi connectivity index (χ0) is 18.9. The van der Waals surface area contributed by atoms with Crippen molar-refractivity contribution in [3.63, 3.8) is 0 Å². The molecule has 3 amide bonds. The molecule has 0 aliphatic carbocycles. The molecule has 9 heteroatoms. The van der Waals surface area contributed by atoms with E-state index in [1.54, 1.807) is 12.1 Å². The van der Waals surface area contributed by atoms with E-state index in [-0.39, 0.29) is 30.7 Å². The van der Waals surface area contributed by atoms with Crippen molar-refractivity contribution >= 4 is 41.1 Å². The third-order valence-corrected chi connectivity index (χ3v) is 4.53. The number of nitrogens with one attached hydrogen (secondary N) is 2. The quantitative estimate of drug-likeness (QED) is 0.630. The van der Waals surface area contributed by atoms with Crippen LogP contribution in [0.4, 0.5) is 5.69 Å². The van der Waals surface area contributed by atoms with E-state index in [9.17, 15) is 19.2 Å². The van der Waals surface area contributed by atoms with Crippen LogP contribution in [0.3, 0.4) is 0 Å². The predicted molar refractivity (Wildman–Crippen MR) is 96.8 cm³/mol. The normalized spacial score (nSPS) is 13.0. The van der Waals surface area contributed by atoms with E-state index in [2.05, 4.69) is 10.6 Å². The van der Waals surface area contributed by atoms with Gasteiger partial charge in [-0.2, -0.15) is 0 Å². The first-order valence-corrected chi connectivity index (χ1v) is 9.21. The molecule has 0 radical (unpaired) electrons. The van der Waals surface area contributed by atoms with Crippen LogP contribution in [-0.2, 0) is 23.9 Å². The van der Waals surface area contributed by atoms with Gasteiger partial charge in [0.1, 0.15) is 6.54 Å². The van der Waals surface area contributed by atoms with Crippen LogP contribution in [0.5, 0.6) is 0 Å². The fourth-order valence-corrected chi connectivity index (χ4v) is 3.14. The molecule has 1 aromatic carbocycles. The highest BCUT2D eigenvalue weighted by Crippen LogP contribution is 2.34. The number of fused-ring (bicyclic) bond motifs is 1. The Morgan fingerprint density at radius 1 is 1.19 bits per heavy atom. The number of thioether (sulfide) groups is 1. The minimum Gasteiger partial charge on any atom is -0.454 e. The van der Waals surface area contributed by atoms with Crippen LogP contribution >= 0.6 is 11.8 Å². The van der Waals surface area contributed by atoms with Crippen LogP contribution in [0.2, 0.25) is 0 Å². The maximum Gasteiger partial charge on any atom is 0.326 e. The second-order valence-corrected chi connectivity index (χ2v) is 6.54. The fourth-order valence-electron chi connectivity index (χ4n) is 2.20. The number of esters is 1. The zero-order valence-corrected chi connectivity index (χ0v) is 15.3. The maximum atomic E-state index is 12.1. The van der Waals surface area contributed by atoms with Crippen molar-refractivity contribution < 1.29 is 23.9 Å². The van der Waals surface area contributed by atoms with Gasteiger partial charge in [-0.3, -0.25) is 24.1 Å². The summed E-state index contributed by atoms with van der Waals surface area (Å²) in [5.74, 6) is -1.52. The average molecular weight is 379 g/mol. The predicted octanol–water partition coefficient (Wildman–Crippen LogP) is 0.311. The largest absolute Gasteiger partial charge is 0.454 e. The van der Waals surface area contributed by atoms with Crippen molar-refractivity contribution in [1.82, 2.24) is 10.6 Å². The molecule has 0 saturated heterocycles. The number of nitrogens with zero attached hydrogens (tertiary/aromatic N) is 1. The lowest BCUT2D eigenvalue weighted by Gasteiger charge is -2.27. The van der Waals surface area contributed by atoms with E-state index in [4.69, 9.17) is 4.74 Å². The van der Waals surface area contributed by atoms with E-state index in [1.807, 2.05) is 19.1 Å². The Kier molecular flexibility index (Phi) is 7.46. The Balaban J connectivity index is 1.77. The lowest BCUT2D eigenvalue weighted by atomic mass is 10.2. The summed E-state index contributed by atoms with van der Waals surface area (Å²) in [4.78, 5) is 49.3. The van der Waals surface area contributed by atoms with Crippen molar-refractivity contribution in [1.29, 1.82) is 0 Å². The van der Waals surface area contributed by atoms with Gasteiger partial charge in [-0.15, -0.1) is 11.8 Å². The van der Waals surface area contributed by atoms with Crippen LogP contribution in [0.1, 0.15) is 13.3 Å². The summed E-state index contributed by atoms with van der Waals surface area (Å²) in [5.41, 5.74) is 0.655. The van der Waals surface area contributed by atoms with Gasteiger partial charge >= 0.3 is 5.97 Å². The highest BCUT2D eigenvalue weighted by molar-refractivity contribution is 8.00. The van der Waals surface area contributed by atoms with Crippen LogP contribution in [0.15, 0.2) is 29.2 Å². The van der Waals surface area contributed by atoms with Crippen LogP contribution in [-0.4, -0.2) is 55.7 Å². The molecule has 0 aromatic heterocycles. The molecule has 2 rings (SSSR count). The Labute approximate surface area is 155 Å². The van der Waals surface area contributed by atoms with Gasteiger partial charge in [0.2, 0.25) is 11.8 Å². The molecule has 0 unspecified atom stereocenters. The first-order chi connectivity index (χ1) is 12.5. The molecular formula is C17H21N3O5S. The number of carbonyl (C=O) groups excluding carboxylic acids is 4. The topological polar surface area (TPSA) is 105 Å². The van der Waals surface area contributed by atoms with Crippen molar-refractivity contribution in [3.05, 3.63) is 24.3 Å². The van der Waals surface area contributed by atoms with Crippen molar-refractivity contribution in [2.75, 3.05) is 36.9 Å². The summed E-state index contributed by atoms with van der Waals surface area (Å²) in [5, 5.41) is 4.98. The first-order valence-electron chi connectivity index (χ1n) is 8.22. The smallest absolute Gasteiger partial charge is 0.326 e. The summed E-state index contributed by atoms with van der Waals surface area (Å²) in [7, 11) is 0. The molecular weight excluding hydrogens is 358 g/mol. The van der Waals surface area contributed by atoms with Gasteiger partial charge in [-0.1, -0.05) is 19.1 Å². The third-order valence-electron chi connectivity index (χ3n) is 3.48. The molecule has 8 nitrogen and oxygen atoms in total. The van der Waals surface area contributed by atoms with Gasteiger partial charge in [0, 0.05) is 11.4 Å². The van der Waals surface area contributed by atoms with Crippen LogP contribution in [0.25, 0.3) is 0 Å². The minimum atomic E-state index is -0.689. The molecule has 140 valence electrons. The number of carbonyl (C=O) groups is 4. The number of ether oxygens (including phenoxy) is 1. The van der Waals surface area contributed by atoms with E-state index in [1.165, 1.54) is 16.7 Å². The van der Waals surface area contributed by atoms with E-state index >= 15 is 0 Å². The number of benzene rings is 1. The number of anilines is 1. The number of para-hydroxylation sites is 1. The molecule has 0 saturated carbocycles. The summed E-state index contributed by atoms with van der Waals surface area (Å²) in [6, 6.07) is 7.28. The standard InChI is InChI=1S/C17H21N3O5S/c1-2-7-18-14(21)8-19-15(22)10-25-17(24)9-20-12-5-3-4-6-13(12)26-11-16(20)23/h3-6H,2,7-11H2,1H3,(H,18,21)(H,19,22). The fraction of sp³-hybridized carbons (Fsp3) is 0.412. The molecule has 2 N–H and O–H groups in total. The Bertz CT molecular complexity index is 695. The summed E-state index contributed by atoms with van der Waals surface area (Å²) < 4.78 is 4.90. The second-order valence-electron chi connectivity index (χ2n) is 5.52. The van der Waals surface area contributed by atoms with Gasteiger partial charge in [-0.05, 0) is 18.6 Å². The van der Waals surface area contributed by atoms with Gasteiger partial charge < -0.3 is 15.4 Å². The summed E-state index contributed by atoms with van der Waals surface area (Å²) in [6.07, 6.45) is 0.800. The third kappa shape index (κ3) is 5.76. The van der Waals surface area contributed by atoms with Gasteiger partial charge in [0.05, 0.1) is 18.0 Å². The lowest BCUT2D eigenvalue weighted by Crippen LogP contribution is -2.41. The number of hydrogen-bond acceptors (Lipinski definition) is 6. The monoisotopic (exact) mass is 379 g/mol. The number of hydrogen-bond donors (Lipinski definition) is 2. The molecule has 1 aromatic rings. The van der Waals surface area contributed by atoms with E-state index in [0.29, 0.717) is 12.2 Å². The summed E-state index contributed by atoms with van der Waals surface area (Å²) >= 11 is 1.42. The highest BCUT2D eigenvalue weighted by Gasteiger charge is 2.26. The average Bonchev–Trinajstić information content (AvgIpc) is 2.65. The second kappa shape index (κ2) is 9.81. The number of amides is 3. The lowest BCUT2D eigenvalue weighted by molar-refractivity contribution is -0.147. The Morgan fingerprint density at radius 2 is 1.96 bits per heavy atom. The molecule has 0 atom stereocenters. The molecule has 1 heterocycles. The van der Waals surface area contributed by atoms with Crippen LogP contribution in [0, 0.1) is 0 Å². The van der Waals surface area contributed by atoms with Crippen molar-refractivity contribution in [2.24, 2.45) is 0 Å². The van der Waals surface area contributed by atoms with Crippen molar-refractivity contribution in [3.8, 4) is 0 Å². The summed E-state index contributed by atoms with van der Waals surface area (Å²) in [6.45, 7) is 1.51. The Morgan fingerprint density at radius 3 is 2.73 bits per heavy atom. The molecule has 0 bridgehead atoms. The maximum absolute atomic E-state index is 12.1.